The predicted octanol–water partition coefficient (Wildman–Crippen LogP) is 7.77. The van der Waals surface area contributed by atoms with Crippen LogP contribution in [0, 0.1) is 0 Å². The van der Waals surface area contributed by atoms with E-state index in [2.05, 4.69) is 13.8 Å². The Morgan fingerprint density at radius 1 is 0.538 bits per heavy atom. The molecule has 1 unspecified atom stereocenters. The number of aliphatic hydroxyl groups is 1. The van der Waals surface area contributed by atoms with Crippen LogP contribution >= 0.6 is 17.0 Å². The molecule has 0 aliphatic carbocycles. The van der Waals surface area contributed by atoms with Crippen molar-refractivity contribution in [3.63, 3.8) is 0 Å². The van der Waals surface area contributed by atoms with Gasteiger partial charge in [0.05, 0.1) is 6.10 Å². The van der Waals surface area contributed by atoms with E-state index in [-0.39, 0.29) is 23.1 Å². The van der Waals surface area contributed by atoms with Gasteiger partial charge in [-0.25, -0.2) is 0 Å². The van der Waals surface area contributed by atoms with Crippen LogP contribution in [0.2, 0.25) is 0 Å². The van der Waals surface area contributed by atoms with Crippen LogP contribution in [0.4, 0.5) is 0 Å². The van der Waals surface area contributed by atoms with Crippen LogP contribution in [0.1, 0.15) is 123 Å². The van der Waals surface area contributed by atoms with Crippen LogP contribution in [0.25, 0.3) is 0 Å². The van der Waals surface area contributed by atoms with E-state index >= 15 is 0 Å². The van der Waals surface area contributed by atoms with E-state index in [1.807, 2.05) is 26.0 Å². The molecule has 162 valence electrons. The average molecular weight is 439 g/mol. The van der Waals surface area contributed by atoms with Gasteiger partial charge in [0.2, 0.25) is 0 Å². The number of halogens is 1. The fourth-order valence-corrected chi connectivity index (χ4v) is 3.05. The van der Waals surface area contributed by atoms with Gasteiger partial charge in [-0.1, -0.05) is 110 Å². The highest BCUT2D eigenvalue weighted by molar-refractivity contribution is 8.93. The Balaban J connectivity index is -0.000000951. The summed E-state index contributed by atoms with van der Waals surface area (Å²) in [5.41, 5.74) is 0. The van der Waals surface area contributed by atoms with Crippen LogP contribution in [-0.2, 0) is 0 Å². The number of hydrogen-bond donors (Lipinski definition) is 1. The minimum atomic E-state index is -0.0349. The van der Waals surface area contributed by atoms with Crippen molar-refractivity contribution in [1.29, 1.82) is 0 Å². The molecule has 0 bridgehead atoms. The Labute approximate surface area is 177 Å². The molecule has 26 heavy (non-hydrogen) atoms. The predicted molar refractivity (Wildman–Crippen MR) is 126 cm³/mol. The number of hydrogen-bond acceptors (Lipinski definition) is 2. The van der Waals surface area contributed by atoms with Gasteiger partial charge in [0.1, 0.15) is 0 Å². The van der Waals surface area contributed by atoms with E-state index in [0.29, 0.717) is 0 Å². The second-order valence-electron chi connectivity index (χ2n) is 8.17. The third-order valence-electron chi connectivity index (χ3n) is 4.51. The minimum absolute atomic E-state index is 0. The number of aliphatic hydroxyl groups excluding tert-OH is 1. The van der Waals surface area contributed by atoms with E-state index in [0.717, 1.165) is 19.3 Å². The third-order valence-corrected chi connectivity index (χ3v) is 4.51. The zero-order valence-electron chi connectivity index (χ0n) is 18.9. The maximum absolute atomic E-state index is 9.64. The van der Waals surface area contributed by atoms with Crippen molar-refractivity contribution < 1.29 is 5.11 Å². The molecule has 0 radical (unpaired) electrons. The molecule has 1 atom stereocenters. The van der Waals surface area contributed by atoms with Gasteiger partial charge in [0.25, 0.3) is 0 Å². The van der Waals surface area contributed by atoms with Crippen LogP contribution in [0.5, 0.6) is 0 Å². The summed E-state index contributed by atoms with van der Waals surface area (Å²) in [6, 6.07) is 0. The maximum Gasteiger partial charge on any atom is 0.0540 e. The van der Waals surface area contributed by atoms with Crippen LogP contribution in [0.3, 0.4) is 0 Å². The highest BCUT2D eigenvalue weighted by atomic mass is 79.9. The second-order valence-corrected chi connectivity index (χ2v) is 8.17. The molecule has 0 aliphatic heterocycles. The van der Waals surface area contributed by atoms with Gasteiger partial charge in [-0.3, -0.25) is 0 Å². The van der Waals surface area contributed by atoms with Gasteiger partial charge in [-0.2, -0.15) is 0 Å². The first kappa shape index (κ1) is 31.1. The molecular formula is C23H52BrNO. The molecule has 0 fully saturated rings. The van der Waals surface area contributed by atoms with E-state index in [1.165, 1.54) is 89.9 Å². The zero-order chi connectivity index (χ0) is 19.2. The zero-order valence-corrected chi connectivity index (χ0v) is 20.6. The topological polar surface area (TPSA) is 23.5 Å². The third kappa shape index (κ3) is 35.5. The average Bonchev–Trinajstić information content (AvgIpc) is 2.55. The Hall–Kier alpha value is 0.400. The van der Waals surface area contributed by atoms with Crippen molar-refractivity contribution in [3.05, 3.63) is 0 Å². The van der Waals surface area contributed by atoms with E-state index < -0.39 is 0 Å². The lowest BCUT2D eigenvalue weighted by molar-refractivity contribution is 0.150. The lowest BCUT2D eigenvalue weighted by atomic mass is 10.0. The molecule has 0 amide bonds. The smallest absolute Gasteiger partial charge is 0.0540 e. The van der Waals surface area contributed by atoms with Crippen molar-refractivity contribution in [1.82, 2.24) is 4.90 Å². The SMILES string of the molecule is Br.CCCCCCCCCCCCCCCCC(O)CCC.CN(C)C. The van der Waals surface area contributed by atoms with Gasteiger partial charge in [0, 0.05) is 0 Å². The second kappa shape index (κ2) is 27.6. The summed E-state index contributed by atoms with van der Waals surface area (Å²) in [6.07, 6.45) is 22.8. The quantitative estimate of drug-likeness (QED) is 0.234. The Bertz CT molecular complexity index is 221. The van der Waals surface area contributed by atoms with Crippen LogP contribution < -0.4 is 0 Å². The first-order chi connectivity index (χ1) is 12.0. The molecule has 1 N–H and O–H groups in total. The van der Waals surface area contributed by atoms with Crippen molar-refractivity contribution in [2.24, 2.45) is 0 Å². The minimum Gasteiger partial charge on any atom is -0.393 e. The summed E-state index contributed by atoms with van der Waals surface area (Å²) in [6.45, 7) is 4.43. The maximum atomic E-state index is 9.64. The lowest BCUT2D eigenvalue weighted by Gasteiger charge is -2.08. The Morgan fingerprint density at radius 3 is 1.15 bits per heavy atom. The first-order valence-electron chi connectivity index (χ1n) is 11.3. The summed E-state index contributed by atoms with van der Waals surface area (Å²) >= 11 is 0. The fraction of sp³-hybridized carbons (Fsp3) is 1.00. The monoisotopic (exact) mass is 437 g/mol. The Morgan fingerprint density at radius 2 is 0.846 bits per heavy atom. The Kier molecular flexibility index (Phi) is 33.0. The van der Waals surface area contributed by atoms with E-state index in [1.54, 1.807) is 0 Å². The molecule has 0 aromatic heterocycles. The van der Waals surface area contributed by atoms with E-state index in [9.17, 15) is 5.11 Å². The molecule has 0 aromatic carbocycles. The summed E-state index contributed by atoms with van der Waals surface area (Å²) in [4.78, 5) is 2.00. The molecule has 0 rings (SSSR count). The summed E-state index contributed by atoms with van der Waals surface area (Å²) in [7, 11) is 6.00. The van der Waals surface area contributed by atoms with Gasteiger partial charge >= 0.3 is 0 Å². The molecule has 0 saturated carbocycles. The molecule has 0 heterocycles. The van der Waals surface area contributed by atoms with Crippen molar-refractivity contribution >= 4 is 17.0 Å². The molecular weight excluding hydrogens is 386 g/mol. The number of nitrogens with zero attached hydrogens (tertiary/aromatic N) is 1. The number of unbranched alkanes of at least 4 members (excludes halogenated alkanes) is 13. The molecule has 0 aliphatic rings. The molecule has 2 nitrogen and oxygen atoms in total. The number of rotatable bonds is 17. The van der Waals surface area contributed by atoms with Gasteiger partial charge in [-0.05, 0) is 34.0 Å². The summed E-state index contributed by atoms with van der Waals surface area (Å²) < 4.78 is 0. The van der Waals surface area contributed by atoms with E-state index in [4.69, 9.17) is 0 Å². The largest absolute Gasteiger partial charge is 0.393 e. The summed E-state index contributed by atoms with van der Waals surface area (Å²) in [5, 5.41) is 9.64. The van der Waals surface area contributed by atoms with Crippen LogP contribution in [0.15, 0.2) is 0 Å². The lowest BCUT2D eigenvalue weighted by Crippen LogP contribution is -2.04. The molecule has 0 spiro atoms. The molecule has 3 heteroatoms. The first-order valence-corrected chi connectivity index (χ1v) is 11.3. The highest BCUT2D eigenvalue weighted by Crippen LogP contribution is 2.14. The summed E-state index contributed by atoms with van der Waals surface area (Å²) in [5.74, 6) is 0. The van der Waals surface area contributed by atoms with Crippen LogP contribution in [-0.4, -0.2) is 37.3 Å². The normalized spacial score (nSPS) is 11.7. The molecule has 0 aromatic rings. The van der Waals surface area contributed by atoms with Crippen molar-refractivity contribution in [3.8, 4) is 0 Å². The van der Waals surface area contributed by atoms with Crippen molar-refractivity contribution in [2.75, 3.05) is 21.1 Å². The van der Waals surface area contributed by atoms with Crippen molar-refractivity contribution in [2.45, 2.75) is 129 Å². The standard InChI is InChI=1S/C20H42O.C3H9N.BrH/c1-3-5-6-7-8-9-10-11-12-13-14-15-16-17-19-20(21)18-4-2;1-4(2)3;/h20-21H,3-19H2,1-2H3;1-3H3;1H. The van der Waals surface area contributed by atoms with Gasteiger partial charge in [-0.15, -0.1) is 17.0 Å². The fourth-order valence-electron chi connectivity index (χ4n) is 3.05. The highest BCUT2D eigenvalue weighted by Gasteiger charge is 2.01. The molecule has 0 saturated heterocycles. The van der Waals surface area contributed by atoms with Gasteiger partial charge in [0.15, 0.2) is 0 Å². The van der Waals surface area contributed by atoms with Gasteiger partial charge < -0.3 is 10.0 Å².